The van der Waals surface area contributed by atoms with Gasteiger partial charge in [-0.15, -0.1) is 0 Å². The summed E-state index contributed by atoms with van der Waals surface area (Å²) in [7, 11) is 0. The van der Waals surface area contributed by atoms with Crippen molar-refractivity contribution in [1.82, 2.24) is 15.5 Å². The van der Waals surface area contributed by atoms with Crippen LogP contribution in [0.25, 0.3) is 0 Å². The van der Waals surface area contributed by atoms with Crippen LogP contribution in [0.5, 0.6) is 0 Å². The van der Waals surface area contributed by atoms with Gasteiger partial charge in [0.1, 0.15) is 0 Å². The number of nitrogens with one attached hydrogen (secondary N) is 1. The van der Waals surface area contributed by atoms with Crippen LogP contribution in [0.3, 0.4) is 0 Å². The maximum atomic E-state index is 9.27. The van der Waals surface area contributed by atoms with E-state index >= 15 is 0 Å². The molecule has 0 aromatic carbocycles. The molecular formula is C8H13N3O2. The van der Waals surface area contributed by atoms with Crippen LogP contribution in [0.2, 0.25) is 0 Å². The summed E-state index contributed by atoms with van der Waals surface area (Å²) in [5.41, 5.74) is 0. The van der Waals surface area contributed by atoms with E-state index in [0.29, 0.717) is 18.9 Å². The molecule has 0 radical (unpaired) electrons. The van der Waals surface area contributed by atoms with Crippen molar-refractivity contribution in [1.29, 1.82) is 0 Å². The average molecular weight is 183 g/mol. The van der Waals surface area contributed by atoms with Gasteiger partial charge < -0.3 is 14.9 Å². The van der Waals surface area contributed by atoms with E-state index in [-0.39, 0.29) is 12.1 Å². The Hall–Kier alpha value is -0.940. The van der Waals surface area contributed by atoms with Crippen molar-refractivity contribution in [3.63, 3.8) is 0 Å². The van der Waals surface area contributed by atoms with Crippen LogP contribution >= 0.6 is 0 Å². The predicted molar refractivity (Wildman–Crippen MR) is 45.0 cm³/mol. The lowest BCUT2D eigenvalue weighted by Crippen LogP contribution is -2.15. The van der Waals surface area contributed by atoms with Crippen molar-refractivity contribution in [2.45, 2.75) is 31.9 Å². The van der Waals surface area contributed by atoms with E-state index < -0.39 is 0 Å². The summed E-state index contributed by atoms with van der Waals surface area (Å²) in [5, 5.41) is 16.2. The number of aliphatic hydroxyl groups is 1. The van der Waals surface area contributed by atoms with Gasteiger partial charge in [0, 0.05) is 13.0 Å². The second kappa shape index (κ2) is 3.43. The highest BCUT2D eigenvalue weighted by Crippen LogP contribution is 2.21. The summed E-state index contributed by atoms with van der Waals surface area (Å²) in [5.74, 6) is 1.31. The van der Waals surface area contributed by atoms with Crippen molar-refractivity contribution in [2.75, 3.05) is 6.54 Å². The Bertz CT molecular complexity index is 287. The first-order valence-electron chi connectivity index (χ1n) is 4.53. The van der Waals surface area contributed by atoms with Gasteiger partial charge in [-0.1, -0.05) is 12.1 Å². The second-order valence-electron chi connectivity index (χ2n) is 3.25. The van der Waals surface area contributed by atoms with E-state index in [0.717, 1.165) is 12.2 Å². The number of hydrogen-bond donors (Lipinski definition) is 2. The zero-order valence-corrected chi connectivity index (χ0v) is 7.53. The predicted octanol–water partition coefficient (Wildman–Crippen LogP) is 0.0273. The van der Waals surface area contributed by atoms with Gasteiger partial charge in [0.05, 0.1) is 12.1 Å². The normalized spacial score (nSPS) is 28.2. The molecule has 1 fully saturated rings. The summed E-state index contributed by atoms with van der Waals surface area (Å²) in [4.78, 5) is 4.19. The van der Waals surface area contributed by atoms with E-state index in [4.69, 9.17) is 4.52 Å². The number of rotatable bonds is 2. The maximum Gasteiger partial charge on any atom is 0.243 e. The van der Waals surface area contributed by atoms with Crippen molar-refractivity contribution in [3.8, 4) is 0 Å². The molecule has 0 unspecified atom stereocenters. The molecule has 2 heterocycles. The smallest absolute Gasteiger partial charge is 0.243 e. The lowest BCUT2D eigenvalue weighted by Gasteiger charge is -2.01. The van der Waals surface area contributed by atoms with Crippen LogP contribution < -0.4 is 5.32 Å². The SMILES string of the molecule is CCc1noc([C@H]2C[C@H](O)CN2)n1. The molecule has 5 nitrogen and oxygen atoms in total. The topological polar surface area (TPSA) is 71.2 Å². The fraction of sp³-hybridized carbons (Fsp3) is 0.750. The minimum absolute atomic E-state index is 0.0304. The third kappa shape index (κ3) is 1.71. The van der Waals surface area contributed by atoms with Crippen LogP contribution in [0.4, 0.5) is 0 Å². The number of hydrogen-bond acceptors (Lipinski definition) is 5. The minimum Gasteiger partial charge on any atom is -0.392 e. The molecule has 1 aliphatic heterocycles. The zero-order valence-electron chi connectivity index (χ0n) is 7.53. The average Bonchev–Trinajstić information content (AvgIpc) is 2.71. The van der Waals surface area contributed by atoms with Gasteiger partial charge in [0.15, 0.2) is 5.82 Å². The molecule has 1 aliphatic rings. The van der Waals surface area contributed by atoms with E-state index in [1.807, 2.05) is 6.92 Å². The van der Waals surface area contributed by atoms with Gasteiger partial charge in [0.2, 0.25) is 5.89 Å². The van der Waals surface area contributed by atoms with Crippen molar-refractivity contribution < 1.29 is 9.63 Å². The van der Waals surface area contributed by atoms with Crippen LogP contribution in [-0.4, -0.2) is 27.9 Å². The molecule has 2 N–H and O–H groups in total. The highest BCUT2D eigenvalue weighted by atomic mass is 16.5. The molecule has 1 aromatic rings. The molecular weight excluding hydrogens is 170 g/mol. The summed E-state index contributed by atoms with van der Waals surface area (Å²) in [6.07, 6.45) is 1.14. The monoisotopic (exact) mass is 183 g/mol. The Morgan fingerprint density at radius 3 is 3.08 bits per heavy atom. The van der Waals surface area contributed by atoms with Gasteiger partial charge in [-0.3, -0.25) is 0 Å². The number of nitrogens with zero attached hydrogens (tertiary/aromatic N) is 2. The van der Waals surface area contributed by atoms with Crippen molar-refractivity contribution in [2.24, 2.45) is 0 Å². The number of aromatic nitrogens is 2. The highest BCUT2D eigenvalue weighted by Gasteiger charge is 2.27. The molecule has 2 rings (SSSR count). The molecule has 5 heteroatoms. The third-order valence-corrected chi connectivity index (χ3v) is 2.21. The van der Waals surface area contributed by atoms with Gasteiger partial charge in [-0.2, -0.15) is 4.98 Å². The Balaban J connectivity index is 2.08. The Morgan fingerprint density at radius 1 is 1.69 bits per heavy atom. The minimum atomic E-state index is -0.290. The third-order valence-electron chi connectivity index (χ3n) is 2.21. The molecule has 0 bridgehead atoms. The molecule has 0 aliphatic carbocycles. The lowest BCUT2D eigenvalue weighted by atomic mass is 10.2. The lowest BCUT2D eigenvalue weighted by molar-refractivity contribution is 0.191. The van der Waals surface area contributed by atoms with Crippen molar-refractivity contribution in [3.05, 3.63) is 11.7 Å². The first-order chi connectivity index (χ1) is 6.29. The van der Waals surface area contributed by atoms with E-state index in [1.54, 1.807) is 0 Å². The fourth-order valence-electron chi connectivity index (χ4n) is 1.46. The van der Waals surface area contributed by atoms with Gasteiger partial charge in [0.25, 0.3) is 0 Å². The molecule has 72 valence electrons. The molecule has 13 heavy (non-hydrogen) atoms. The van der Waals surface area contributed by atoms with E-state index in [9.17, 15) is 5.11 Å². The first kappa shape index (κ1) is 8.65. The highest BCUT2D eigenvalue weighted by molar-refractivity contribution is 4.97. The summed E-state index contributed by atoms with van der Waals surface area (Å²) < 4.78 is 5.05. The molecule has 2 atom stereocenters. The van der Waals surface area contributed by atoms with E-state index in [2.05, 4.69) is 15.5 Å². The second-order valence-corrected chi connectivity index (χ2v) is 3.25. The molecule has 1 aromatic heterocycles. The first-order valence-corrected chi connectivity index (χ1v) is 4.53. The molecule has 1 saturated heterocycles. The largest absolute Gasteiger partial charge is 0.392 e. The Kier molecular flexibility index (Phi) is 2.28. The number of aryl methyl sites for hydroxylation is 1. The van der Waals surface area contributed by atoms with Crippen molar-refractivity contribution >= 4 is 0 Å². The quantitative estimate of drug-likeness (QED) is 0.676. The van der Waals surface area contributed by atoms with Gasteiger partial charge in [-0.05, 0) is 6.42 Å². The fourth-order valence-corrected chi connectivity index (χ4v) is 1.46. The molecule has 0 saturated carbocycles. The van der Waals surface area contributed by atoms with Crippen LogP contribution in [0.1, 0.15) is 31.1 Å². The van der Waals surface area contributed by atoms with Crippen LogP contribution in [0.15, 0.2) is 4.52 Å². The molecule has 0 spiro atoms. The zero-order chi connectivity index (χ0) is 9.26. The molecule has 0 amide bonds. The Morgan fingerprint density at radius 2 is 2.54 bits per heavy atom. The Labute approximate surface area is 76.1 Å². The standard InChI is InChI=1S/C8H13N3O2/c1-2-7-10-8(13-11-7)6-3-5(12)4-9-6/h5-6,9,12H,2-4H2,1H3/t5-,6+/m0/s1. The van der Waals surface area contributed by atoms with Crippen LogP contribution in [0, 0.1) is 0 Å². The summed E-state index contributed by atoms with van der Waals surface area (Å²) >= 11 is 0. The summed E-state index contributed by atoms with van der Waals surface area (Å²) in [6, 6.07) is 0.0304. The maximum absolute atomic E-state index is 9.27. The summed E-state index contributed by atoms with van der Waals surface area (Å²) in [6.45, 7) is 2.58. The van der Waals surface area contributed by atoms with E-state index in [1.165, 1.54) is 0 Å². The van der Waals surface area contributed by atoms with Gasteiger partial charge >= 0.3 is 0 Å². The van der Waals surface area contributed by atoms with Crippen LogP contribution in [-0.2, 0) is 6.42 Å². The number of β-amino-alcohol motifs (C(OH)–C–C–N with tert-alkyl or cyclic N) is 1. The van der Waals surface area contributed by atoms with Gasteiger partial charge in [-0.25, -0.2) is 0 Å². The number of aliphatic hydroxyl groups excluding tert-OH is 1.